The number of hydrogen-bond donors (Lipinski definition) is 1. The summed E-state index contributed by atoms with van der Waals surface area (Å²) in [6.07, 6.45) is 0. The Morgan fingerprint density at radius 2 is 1.68 bits per heavy atom. The van der Waals surface area contributed by atoms with Gasteiger partial charge < -0.3 is 10.1 Å². The van der Waals surface area contributed by atoms with E-state index in [1.54, 1.807) is 0 Å². The van der Waals surface area contributed by atoms with Gasteiger partial charge in [0.15, 0.2) is 0 Å². The van der Waals surface area contributed by atoms with Gasteiger partial charge in [-0.3, -0.25) is 0 Å². The molecule has 1 N–H and O–H groups in total. The predicted molar refractivity (Wildman–Crippen MR) is 118 cm³/mol. The Balaban J connectivity index is 1.61. The third-order valence-corrected chi connectivity index (χ3v) is 5.04. The van der Waals surface area contributed by atoms with Gasteiger partial charge in [0, 0.05) is 22.8 Å². The molecule has 0 saturated heterocycles. The maximum absolute atomic E-state index is 6.23. The van der Waals surface area contributed by atoms with Gasteiger partial charge in [0.05, 0.1) is 0 Å². The lowest BCUT2D eigenvalue weighted by atomic mass is 10.0. The maximum Gasteiger partial charge on any atom is 0.125 e. The predicted octanol–water partition coefficient (Wildman–Crippen LogP) is 6.99. The largest absolute Gasteiger partial charge is 0.489 e. The number of rotatable bonds is 6. The molecule has 0 aliphatic heterocycles. The monoisotopic (exact) mass is 387 g/mol. The molecule has 0 spiro atoms. The van der Waals surface area contributed by atoms with E-state index in [1.807, 2.05) is 24.3 Å². The number of ether oxygens (including phenoxy) is 1. The number of anilines is 1. The van der Waals surface area contributed by atoms with Crippen LogP contribution in [0.25, 0.3) is 10.8 Å². The summed E-state index contributed by atoms with van der Waals surface area (Å²) < 4.78 is 6.23. The minimum atomic E-state index is 0.550. The smallest absolute Gasteiger partial charge is 0.125 e. The average Bonchev–Trinajstić information content (AvgIpc) is 2.72. The Bertz CT molecular complexity index is 1090. The van der Waals surface area contributed by atoms with E-state index in [1.165, 1.54) is 21.9 Å². The van der Waals surface area contributed by atoms with Crippen LogP contribution in [-0.4, -0.2) is 0 Å². The molecule has 0 atom stereocenters. The number of halogens is 1. The van der Waals surface area contributed by atoms with Gasteiger partial charge in [0.2, 0.25) is 0 Å². The van der Waals surface area contributed by atoms with Crippen molar-refractivity contribution in [3.05, 3.63) is 107 Å². The van der Waals surface area contributed by atoms with Crippen molar-refractivity contribution >= 4 is 28.1 Å². The van der Waals surface area contributed by atoms with Gasteiger partial charge in [0.1, 0.15) is 12.4 Å². The standard InChI is InChI=1S/C25H22ClNO/c1-18-5-4-6-19(15-18)17-28-25-14-9-20-7-2-3-8-23(20)24(25)16-27-22-12-10-21(26)11-13-22/h2-15,27H,16-17H2,1H3. The molecule has 2 nitrogen and oxygen atoms in total. The van der Waals surface area contributed by atoms with Crippen LogP contribution in [0.1, 0.15) is 16.7 Å². The zero-order chi connectivity index (χ0) is 19.3. The number of fused-ring (bicyclic) bond motifs is 1. The maximum atomic E-state index is 6.23. The summed E-state index contributed by atoms with van der Waals surface area (Å²) in [6.45, 7) is 3.32. The SMILES string of the molecule is Cc1cccc(COc2ccc3ccccc3c2CNc2ccc(Cl)cc2)c1. The fourth-order valence-corrected chi connectivity index (χ4v) is 3.48. The van der Waals surface area contributed by atoms with Crippen LogP contribution in [0.4, 0.5) is 5.69 Å². The molecule has 0 bridgehead atoms. The first-order chi connectivity index (χ1) is 13.7. The lowest BCUT2D eigenvalue weighted by Gasteiger charge is -2.16. The van der Waals surface area contributed by atoms with Gasteiger partial charge in [-0.05, 0) is 53.6 Å². The van der Waals surface area contributed by atoms with Crippen molar-refractivity contribution in [2.75, 3.05) is 5.32 Å². The van der Waals surface area contributed by atoms with E-state index in [-0.39, 0.29) is 0 Å². The van der Waals surface area contributed by atoms with Gasteiger partial charge in [-0.1, -0.05) is 71.8 Å². The molecule has 4 aromatic carbocycles. The molecule has 3 heteroatoms. The Labute approximate surface area is 170 Å². The summed E-state index contributed by atoms with van der Waals surface area (Å²) in [6, 6.07) is 28.8. The minimum absolute atomic E-state index is 0.550. The summed E-state index contributed by atoms with van der Waals surface area (Å²) >= 11 is 5.99. The second-order valence-electron chi connectivity index (χ2n) is 6.90. The van der Waals surface area contributed by atoms with Crippen molar-refractivity contribution in [2.24, 2.45) is 0 Å². The number of nitrogens with one attached hydrogen (secondary N) is 1. The molecule has 0 radical (unpaired) electrons. The molecule has 0 aliphatic rings. The highest BCUT2D eigenvalue weighted by Gasteiger charge is 2.09. The normalized spacial score (nSPS) is 10.8. The minimum Gasteiger partial charge on any atom is -0.489 e. The van der Waals surface area contributed by atoms with Gasteiger partial charge in [-0.15, -0.1) is 0 Å². The van der Waals surface area contributed by atoms with Gasteiger partial charge >= 0.3 is 0 Å². The van der Waals surface area contributed by atoms with Gasteiger partial charge in [-0.25, -0.2) is 0 Å². The number of benzene rings is 4. The van der Waals surface area contributed by atoms with E-state index in [0.29, 0.717) is 13.2 Å². The van der Waals surface area contributed by atoms with Crippen LogP contribution in [0.15, 0.2) is 84.9 Å². The summed E-state index contributed by atoms with van der Waals surface area (Å²) in [5.74, 6) is 0.904. The van der Waals surface area contributed by atoms with Crippen LogP contribution >= 0.6 is 11.6 Å². The summed E-state index contributed by atoms with van der Waals surface area (Å²) in [5, 5.41) is 6.63. The van der Waals surface area contributed by atoms with E-state index >= 15 is 0 Å². The van der Waals surface area contributed by atoms with Crippen LogP contribution in [-0.2, 0) is 13.2 Å². The molecule has 4 rings (SSSR count). The summed E-state index contributed by atoms with van der Waals surface area (Å²) in [4.78, 5) is 0. The third kappa shape index (κ3) is 4.29. The topological polar surface area (TPSA) is 21.3 Å². The van der Waals surface area contributed by atoms with Crippen molar-refractivity contribution in [1.82, 2.24) is 0 Å². The van der Waals surface area contributed by atoms with E-state index in [0.717, 1.165) is 22.0 Å². The zero-order valence-corrected chi connectivity index (χ0v) is 16.5. The van der Waals surface area contributed by atoms with Gasteiger partial charge in [0.25, 0.3) is 0 Å². The molecular weight excluding hydrogens is 366 g/mol. The lowest BCUT2D eigenvalue weighted by molar-refractivity contribution is 0.304. The van der Waals surface area contributed by atoms with E-state index in [4.69, 9.17) is 16.3 Å². The first kappa shape index (κ1) is 18.4. The second kappa shape index (κ2) is 8.37. The molecule has 0 heterocycles. The first-order valence-electron chi connectivity index (χ1n) is 9.37. The van der Waals surface area contributed by atoms with Crippen LogP contribution in [0.3, 0.4) is 0 Å². The average molecular weight is 388 g/mol. The fraction of sp³-hybridized carbons (Fsp3) is 0.120. The van der Waals surface area contributed by atoms with E-state index in [2.05, 4.69) is 72.9 Å². The third-order valence-electron chi connectivity index (χ3n) is 4.79. The Kier molecular flexibility index (Phi) is 5.50. The van der Waals surface area contributed by atoms with Crippen LogP contribution in [0.2, 0.25) is 5.02 Å². The Hall–Kier alpha value is -2.97. The van der Waals surface area contributed by atoms with Crippen molar-refractivity contribution in [2.45, 2.75) is 20.1 Å². The summed E-state index contributed by atoms with van der Waals surface area (Å²) in [5.41, 5.74) is 4.59. The van der Waals surface area contributed by atoms with Gasteiger partial charge in [-0.2, -0.15) is 0 Å². The molecule has 28 heavy (non-hydrogen) atoms. The van der Waals surface area contributed by atoms with Crippen molar-refractivity contribution in [3.8, 4) is 5.75 Å². The van der Waals surface area contributed by atoms with Crippen molar-refractivity contribution < 1.29 is 4.74 Å². The highest BCUT2D eigenvalue weighted by atomic mass is 35.5. The molecular formula is C25H22ClNO. The highest BCUT2D eigenvalue weighted by molar-refractivity contribution is 6.30. The Morgan fingerprint density at radius 1 is 0.857 bits per heavy atom. The molecule has 0 unspecified atom stereocenters. The van der Waals surface area contributed by atoms with E-state index in [9.17, 15) is 0 Å². The van der Waals surface area contributed by atoms with Crippen LogP contribution < -0.4 is 10.1 Å². The molecule has 140 valence electrons. The Morgan fingerprint density at radius 3 is 2.50 bits per heavy atom. The number of aryl methyl sites for hydroxylation is 1. The molecule has 0 fully saturated rings. The van der Waals surface area contributed by atoms with Crippen LogP contribution in [0, 0.1) is 6.92 Å². The number of hydrogen-bond acceptors (Lipinski definition) is 2. The second-order valence-corrected chi connectivity index (χ2v) is 7.34. The fourth-order valence-electron chi connectivity index (χ4n) is 3.35. The molecule has 0 aromatic heterocycles. The molecule has 0 aliphatic carbocycles. The summed E-state index contributed by atoms with van der Waals surface area (Å²) in [7, 11) is 0. The lowest BCUT2D eigenvalue weighted by Crippen LogP contribution is -2.04. The first-order valence-corrected chi connectivity index (χ1v) is 9.75. The zero-order valence-electron chi connectivity index (χ0n) is 15.8. The van der Waals surface area contributed by atoms with E-state index < -0.39 is 0 Å². The van der Waals surface area contributed by atoms with Crippen LogP contribution in [0.5, 0.6) is 5.75 Å². The molecule has 0 amide bonds. The molecule has 0 saturated carbocycles. The van der Waals surface area contributed by atoms with Crippen molar-refractivity contribution in [1.29, 1.82) is 0 Å². The van der Waals surface area contributed by atoms with Crippen molar-refractivity contribution in [3.63, 3.8) is 0 Å². The highest BCUT2D eigenvalue weighted by Crippen LogP contribution is 2.30. The quantitative estimate of drug-likeness (QED) is 0.384. The molecule has 4 aromatic rings.